The van der Waals surface area contributed by atoms with Crippen molar-refractivity contribution in [2.45, 2.75) is 32.9 Å². The van der Waals surface area contributed by atoms with Gasteiger partial charge in [-0.05, 0) is 32.9 Å². The highest BCUT2D eigenvalue weighted by atomic mass is 16.3. The Morgan fingerprint density at radius 3 is 2.44 bits per heavy atom. The summed E-state index contributed by atoms with van der Waals surface area (Å²) < 4.78 is 0. The smallest absolute Gasteiger partial charge is 0.0606 e. The molecule has 90 valence electrons. The van der Waals surface area contributed by atoms with Crippen LogP contribution in [0.25, 0.3) is 0 Å². The van der Waals surface area contributed by atoms with Crippen molar-refractivity contribution in [3.05, 3.63) is 24.0 Å². The largest absolute Gasteiger partial charge is 0.395 e. The Morgan fingerprint density at radius 2 is 2.06 bits per heavy atom. The van der Waals surface area contributed by atoms with Gasteiger partial charge in [0, 0.05) is 18.6 Å². The van der Waals surface area contributed by atoms with Gasteiger partial charge in [-0.2, -0.15) is 0 Å². The van der Waals surface area contributed by atoms with E-state index in [0.29, 0.717) is 12.6 Å². The normalized spacial score (nSPS) is 12.9. The van der Waals surface area contributed by atoms with Crippen LogP contribution in [-0.4, -0.2) is 29.3 Å². The minimum atomic E-state index is -0.0422. The van der Waals surface area contributed by atoms with Gasteiger partial charge in [0.1, 0.15) is 0 Å². The molecule has 0 amide bonds. The lowest BCUT2D eigenvalue weighted by atomic mass is 10.2. The Hall–Kier alpha value is -1.13. The number of hydrogen-bond acceptors (Lipinski definition) is 4. The van der Waals surface area contributed by atoms with Gasteiger partial charge in [-0.1, -0.05) is 0 Å². The third-order valence-corrected chi connectivity index (χ3v) is 2.53. The Bertz CT molecular complexity index is 309. The van der Waals surface area contributed by atoms with E-state index in [1.54, 1.807) is 0 Å². The number of hydrogen-bond donors (Lipinski definition) is 2. The molecule has 0 bridgehead atoms. The molecule has 16 heavy (non-hydrogen) atoms. The highest BCUT2D eigenvalue weighted by Crippen LogP contribution is 2.17. The Balaban J connectivity index is 2.85. The summed E-state index contributed by atoms with van der Waals surface area (Å²) in [5.74, 6) is 0. The maximum Gasteiger partial charge on any atom is 0.0606 e. The molecule has 0 unspecified atom stereocenters. The van der Waals surface area contributed by atoms with Crippen molar-refractivity contribution in [1.29, 1.82) is 0 Å². The summed E-state index contributed by atoms with van der Waals surface area (Å²) in [6, 6.07) is 4.24. The first kappa shape index (κ1) is 12.9. The maximum absolute atomic E-state index is 9.01. The molecule has 0 saturated heterocycles. The van der Waals surface area contributed by atoms with Crippen LogP contribution in [0.4, 0.5) is 5.69 Å². The molecule has 0 spiro atoms. The van der Waals surface area contributed by atoms with E-state index in [-0.39, 0.29) is 12.6 Å². The molecule has 1 heterocycles. The highest BCUT2D eigenvalue weighted by molar-refractivity contribution is 5.45. The highest BCUT2D eigenvalue weighted by Gasteiger charge is 2.10. The minimum absolute atomic E-state index is 0.0422. The summed E-state index contributed by atoms with van der Waals surface area (Å²) >= 11 is 0. The van der Waals surface area contributed by atoms with E-state index in [9.17, 15) is 0 Å². The SMILES string of the molecule is CC(C)N(CCO)c1ccc([C@@H](C)N)nc1. The molecular formula is C12H21N3O. The fourth-order valence-electron chi connectivity index (χ4n) is 1.63. The number of anilines is 1. The molecule has 0 aromatic carbocycles. The molecule has 0 radical (unpaired) electrons. The summed E-state index contributed by atoms with van der Waals surface area (Å²) in [7, 11) is 0. The molecule has 0 aliphatic heterocycles. The van der Waals surface area contributed by atoms with Crippen molar-refractivity contribution in [1.82, 2.24) is 4.98 Å². The van der Waals surface area contributed by atoms with Gasteiger partial charge >= 0.3 is 0 Å². The van der Waals surface area contributed by atoms with Crippen LogP contribution in [0.3, 0.4) is 0 Å². The van der Waals surface area contributed by atoms with E-state index in [1.807, 2.05) is 25.3 Å². The number of aromatic nitrogens is 1. The van der Waals surface area contributed by atoms with Crippen LogP contribution in [0.15, 0.2) is 18.3 Å². The Kier molecular flexibility index (Phi) is 4.71. The molecule has 1 aromatic rings. The molecule has 3 N–H and O–H groups in total. The number of pyridine rings is 1. The number of nitrogens with two attached hydrogens (primary N) is 1. The van der Waals surface area contributed by atoms with Crippen LogP contribution in [0.1, 0.15) is 32.5 Å². The van der Waals surface area contributed by atoms with Gasteiger partial charge in [0.15, 0.2) is 0 Å². The van der Waals surface area contributed by atoms with Crippen LogP contribution in [0.5, 0.6) is 0 Å². The van der Waals surface area contributed by atoms with Gasteiger partial charge in [0.2, 0.25) is 0 Å². The zero-order chi connectivity index (χ0) is 12.1. The second-order valence-electron chi connectivity index (χ2n) is 4.24. The van der Waals surface area contributed by atoms with Crippen molar-refractivity contribution in [3.63, 3.8) is 0 Å². The average molecular weight is 223 g/mol. The van der Waals surface area contributed by atoms with E-state index in [0.717, 1.165) is 11.4 Å². The lowest BCUT2D eigenvalue weighted by Gasteiger charge is -2.28. The number of nitrogens with zero attached hydrogens (tertiary/aromatic N) is 2. The van der Waals surface area contributed by atoms with Crippen LogP contribution in [0, 0.1) is 0 Å². The molecule has 0 aliphatic rings. The number of rotatable bonds is 5. The molecule has 4 heteroatoms. The maximum atomic E-state index is 9.01. The molecular weight excluding hydrogens is 202 g/mol. The monoisotopic (exact) mass is 223 g/mol. The zero-order valence-corrected chi connectivity index (χ0v) is 10.2. The lowest BCUT2D eigenvalue weighted by Crippen LogP contribution is -2.33. The second-order valence-corrected chi connectivity index (χ2v) is 4.24. The van der Waals surface area contributed by atoms with Gasteiger partial charge in [-0.15, -0.1) is 0 Å². The molecule has 4 nitrogen and oxygen atoms in total. The summed E-state index contributed by atoms with van der Waals surface area (Å²) in [5.41, 5.74) is 7.65. The molecule has 1 rings (SSSR count). The summed E-state index contributed by atoms with van der Waals surface area (Å²) in [5, 5.41) is 9.01. The van der Waals surface area contributed by atoms with Gasteiger partial charge in [0.05, 0.1) is 24.2 Å². The zero-order valence-electron chi connectivity index (χ0n) is 10.2. The predicted molar refractivity (Wildman–Crippen MR) is 66.4 cm³/mol. The van der Waals surface area contributed by atoms with Crippen molar-refractivity contribution >= 4 is 5.69 Å². The first-order valence-electron chi connectivity index (χ1n) is 5.65. The van der Waals surface area contributed by atoms with Crippen LogP contribution >= 0.6 is 0 Å². The number of aliphatic hydroxyl groups is 1. The molecule has 0 saturated carbocycles. The standard InChI is InChI=1S/C12H21N3O/c1-9(2)15(6-7-16)11-4-5-12(10(3)13)14-8-11/h4-5,8-10,16H,6-7,13H2,1-3H3/t10-/m1/s1. The third-order valence-electron chi connectivity index (χ3n) is 2.53. The van der Waals surface area contributed by atoms with Gasteiger partial charge in [-0.25, -0.2) is 0 Å². The third kappa shape index (κ3) is 3.18. The Labute approximate surface area is 97.1 Å². The van der Waals surface area contributed by atoms with Crippen LogP contribution in [0.2, 0.25) is 0 Å². The minimum Gasteiger partial charge on any atom is -0.395 e. The fraction of sp³-hybridized carbons (Fsp3) is 0.583. The first-order chi connectivity index (χ1) is 7.56. The van der Waals surface area contributed by atoms with E-state index in [1.165, 1.54) is 0 Å². The molecule has 1 atom stereocenters. The fourth-order valence-corrected chi connectivity index (χ4v) is 1.63. The van der Waals surface area contributed by atoms with E-state index in [4.69, 9.17) is 10.8 Å². The summed E-state index contributed by atoms with van der Waals surface area (Å²) in [6.07, 6.45) is 1.81. The summed E-state index contributed by atoms with van der Waals surface area (Å²) in [6.45, 7) is 6.87. The number of aliphatic hydroxyl groups excluding tert-OH is 1. The van der Waals surface area contributed by atoms with E-state index < -0.39 is 0 Å². The van der Waals surface area contributed by atoms with Crippen molar-refractivity contribution in [3.8, 4) is 0 Å². The average Bonchev–Trinajstić information content (AvgIpc) is 2.25. The lowest BCUT2D eigenvalue weighted by molar-refractivity contribution is 0.299. The summed E-state index contributed by atoms with van der Waals surface area (Å²) in [4.78, 5) is 6.42. The first-order valence-corrected chi connectivity index (χ1v) is 5.65. The molecule has 0 aliphatic carbocycles. The van der Waals surface area contributed by atoms with Crippen LogP contribution in [-0.2, 0) is 0 Å². The predicted octanol–water partition coefficient (Wildman–Crippen LogP) is 1.31. The van der Waals surface area contributed by atoms with Gasteiger partial charge < -0.3 is 15.7 Å². The van der Waals surface area contributed by atoms with Crippen LogP contribution < -0.4 is 10.6 Å². The molecule has 0 fully saturated rings. The second kappa shape index (κ2) is 5.82. The van der Waals surface area contributed by atoms with Gasteiger partial charge in [0.25, 0.3) is 0 Å². The molecule has 1 aromatic heterocycles. The van der Waals surface area contributed by atoms with E-state index >= 15 is 0 Å². The van der Waals surface area contributed by atoms with Crippen molar-refractivity contribution in [2.75, 3.05) is 18.1 Å². The van der Waals surface area contributed by atoms with E-state index in [2.05, 4.69) is 23.7 Å². The van der Waals surface area contributed by atoms with Crippen molar-refractivity contribution < 1.29 is 5.11 Å². The quantitative estimate of drug-likeness (QED) is 0.790. The van der Waals surface area contributed by atoms with Crippen molar-refractivity contribution in [2.24, 2.45) is 5.73 Å². The van der Waals surface area contributed by atoms with Gasteiger partial charge in [-0.3, -0.25) is 4.98 Å². The Morgan fingerprint density at radius 1 is 1.38 bits per heavy atom. The topological polar surface area (TPSA) is 62.4 Å².